The van der Waals surface area contributed by atoms with Crippen LogP contribution in [0.1, 0.15) is 31.2 Å². The van der Waals surface area contributed by atoms with E-state index in [0.29, 0.717) is 77.8 Å². The number of unbranched alkanes of at least 4 members (excludes halogenated alkanes) is 2. The minimum absolute atomic E-state index is 0.00338. The Morgan fingerprint density at radius 1 is 1.13 bits per heavy atom. The molecular weight excluding hydrogens is 508 g/mol. The predicted octanol–water partition coefficient (Wildman–Crippen LogP) is 3.68. The van der Waals surface area contributed by atoms with E-state index < -0.39 is 0 Å². The first-order chi connectivity index (χ1) is 18.5. The first kappa shape index (κ1) is 27.1. The fraction of sp³-hybridized carbons (Fsp3) is 0.407. The molecule has 0 bridgehead atoms. The third-order valence-electron chi connectivity index (χ3n) is 6.15. The third kappa shape index (κ3) is 6.50. The van der Waals surface area contributed by atoms with Gasteiger partial charge < -0.3 is 24.3 Å². The quantitative estimate of drug-likeness (QED) is 0.197. The van der Waals surface area contributed by atoms with E-state index in [2.05, 4.69) is 16.4 Å². The van der Waals surface area contributed by atoms with E-state index in [1.165, 1.54) is 11.8 Å². The molecule has 0 spiro atoms. The van der Waals surface area contributed by atoms with Gasteiger partial charge in [0, 0.05) is 25.6 Å². The van der Waals surface area contributed by atoms with Gasteiger partial charge in [-0.1, -0.05) is 24.2 Å². The number of thioether (sulfide) groups is 1. The van der Waals surface area contributed by atoms with Gasteiger partial charge in [-0.25, -0.2) is 4.98 Å². The van der Waals surface area contributed by atoms with Crippen molar-refractivity contribution in [3.05, 3.63) is 46.2 Å². The molecule has 4 rings (SSSR count). The molecule has 0 unspecified atom stereocenters. The summed E-state index contributed by atoms with van der Waals surface area (Å²) in [5.41, 5.74) is 1.38. The van der Waals surface area contributed by atoms with Crippen molar-refractivity contribution in [2.45, 2.75) is 43.8 Å². The average Bonchev–Trinajstić information content (AvgIpc) is 3.39. The maximum Gasteiger partial charge on any atom is 0.262 e. The molecule has 1 aliphatic rings. The zero-order chi connectivity index (χ0) is 26.9. The Labute approximate surface area is 224 Å². The number of nitrogens with zero attached hydrogens (tertiary/aromatic N) is 3. The van der Waals surface area contributed by atoms with E-state index in [1.807, 2.05) is 18.2 Å². The van der Waals surface area contributed by atoms with Crippen LogP contribution in [-0.4, -0.2) is 48.8 Å². The van der Waals surface area contributed by atoms with Gasteiger partial charge in [0.1, 0.15) is 0 Å². The third-order valence-corrected chi connectivity index (χ3v) is 6.99. The van der Waals surface area contributed by atoms with Crippen molar-refractivity contribution in [1.29, 1.82) is 5.26 Å². The highest BCUT2D eigenvalue weighted by Gasteiger charge is 2.19. The Morgan fingerprint density at radius 3 is 2.68 bits per heavy atom. The number of carbonyl (C=O) groups is 1. The second kappa shape index (κ2) is 13.1. The van der Waals surface area contributed by atoms with Gasteiger partial charge in [0.15, 0.2) is 28.2 Å². The predicted molar refractivity (Wildman–Crippen MR) is 143 cm³/mol. The number of benzene rings is 2. The maximum absolute atomic E-state index is 13.2. The highest BCUT2D eigenvalue weighted by atomic mass is 32.2. The van der Waals surface area contributed by atoms with Crippen LogP contribution < -0.4 is 29.8 Å². The molecule has 1 aromatic heterocycles. The largest absolute Gasteiger partial charge is 0.493 e. The first-order valence-electron chi connectivity index (χ1n) is 12.4. The molecule has 11 heteroatoms. The molecule has 0 fully saturated rings. The van der Waals surface area contributed by atoms with Crippen LogP contribution in [0.2, 0.25) is 0 Å². The molecule has 200 valence electrons. The summed E-state index contributed by atoms with van der Waals surface area (Å²) in [6.45, 7) is 1.09. The molecule has 1 aliphatic heterocycles. The molecule has 2 aromatic carbocycles. The number of fused-ring (bicyclic) bond motifs is 2. The monoisotopic (exact) mass is 538 g/mol. The van der Waals surface area contributed by atoms with Gasteiger partial charge in [-0.3, -0.25) is 14.2 Å². The van der Waals surface area contributed by atoms with Gasteiger partial charge >= 0.3 is 0 Å². The summed E-state index contributed by atoms with van der Waals surface area (Å²) in [6, 6.07) is 11.2. The van der Waals surface area contributed by atoms with Crippen molar-refractivity contribution < 1.29 is 23.7 Å². The Balaban J connectivity index is 1.27. The number of hydrogen-bond acceptors (Lipinski definition) is 9. The molecule has 0 saturated carbocycles. The average molecular weight is 539 g/mol. The van der Waals surface area contributed by atoms with E-state index in [0.717, 1.165) is 12.0 Å². The molecule has 2 heterocycles. The number of aromatic nitrogens is 2. The summed E-state index contributed by atoms with van der Waals surface area (Å²) < 4.78 is 23.0. The zero-order valence-corrected chi connectivity index (χ0v) is 22.3. The molecule has 0 saturated heterocycles. The van der Waals surface area contributed by atoms with Crippen LogP contribution in [0.3, 0.4) is 0 Å². The Kier molecular flexibility index (Phi) is 9.32. The highest BCUT2D eigenvalue weighted by Crippen LogP contribution is 2.35. The fourth-order valence-electron chi connectivity index (χ4n) is 4.20. The van der Waals surface area contributed by atoms with Gasteiger partial charge in [-0.2, -0.15) is 5.26 Å². The number of nitriles is 1. The fourth-order valence-corrected chi connectivity index (χ4v) is 4.88. The first-order valence-corrected chi connectivity index (χ1v) is 13.3. The SMILES string of the molecule is COc1ccc(CCNC(=O)CCCCCn2c(SCC#N)nc3cc4c(cc3c2=O)OCO4)cc1OC. The number of hydrogen-bond donors (Lipinski definition) is 1. The van der Waals surface area contributed by atoms with Crippen LogP contribution in [-0.2, 0) is 17.8 Å². The molecule has 0 aliphatic carbocycles. The van der Waals surface area contributed by atoms with Crippen LogP contribution in [0, 0.1) is 11.3 Å². The zero-order valence-electron chi connectivity index (χ0n) is 21.5. The number of nitrogens with one attached hydrogen (secondary N) is 1. The number of ether oxygens (including phenoxy) is 4. The Bertz CT molecular complexity index is 1400. The smallest absolute Gasteiger partial charge is 0.262 e. The minimum Gasteiger partial charge on any atom is -0.493 e. The summed E-state index contributed by atoms with van der Waals surface area (Å²) in [5, 5.41) is 12.9. The molecule has 0 atom stereocenters. The lowest BCUT2D eigenvalue weighted by Crippen LogP contribution is -2.25. The number of rotatable bonds is 13. The van der Waals surface area contributed by atoms with E-state index in [-0.39, 0.29) is 24.0 Å². The lowest BCUT2D eigenvalue weighted by atomic mass is 10.1. The van der Waals surface area contributed by atoms with E-state index in [9.17, 15) is 9.59 Å². The molecule has 10 nitrogen and oxygen atoms in total. The highest BCUT2D eigenvalue weighted by molar-refractivity contribution is 7.99. The lowest BCUT2D eigenvalue weighted by molar-refractivity contribution is -0.121. The Morgan fingerprint density at radius 2 is 1.92 bits per heavy atom. The molecule has 1 amide bonds. The van der Waals surface area contributed by atoms with Gasteiger partial charge in [-0.15, -0.1) is 0 Å². The van der Waals surface area contributed by atoms with Crippen molar-refractivity contribution in [2.24, 2.45) is 0 Å². The van der Waals surface area contributed by atoms with Crippen molar-refractivity contribution in [3.63, 3.8) is 0 Å². The van der Waals surface area contributed by atoms with E-state index >= 15 is 0 Å². The molecular formula is C27H30N4O6S. The van der Waals surface area contributed by atoms with E-state index in [1.54, 1.807) is 30.9 Å². The molecule has 0 radical (unpaired) electrons. The van der Waals surface area contributed by atoms with Gasteiger partial charge in [0.2, 0.25) is 12.7 Å². The Hall–Kier alpha value is -3.91. The van der Waals surface area contributed by atoms with Crippen LogP contribution in [0.4, 0.5) is 0 Å². The lowest BCUT2D eigenvalue weighted by Gasteiger charge is -2.13. The number of methoxy groups -OCH3 is 2. The van der Waals surface area contributed by atoms with Crippen LogP contribution in [0.25, 0.3) is 10.9 Å². The van der Waals surface area contributed by atoms with E-state index in [4.69, 9.17) is 24.2 Å². The standard InChI is InChI=1S/C27H30N4O6S/c1-34-21-8-7-18(14-22(21)35-2)9-11-29-25(32)6-4-3-5-12-31-26(33)19-15-23-24(37-17-36-23)16-20(19)30-27(31)38-13-10-28/h7-8,14-16H,3-6,9,11-13,17H2,1-2H3,(H,29,32). The normalized spacial score (nSPS) is 11.8. The van der Waals surface area contributed by atoms with Crippen LogP contribution in [0.5, 0.6) is 23.0 Å². The van der Waals surface area contributed by atoms with Gasteiger partial charge in [-0.05, 0) is 43.0 Å². The van der Waals surface area contributed by atoms with Crippen molar-refractivity contribution in [1.82, 2.24) is 14.9 Å². The molecule has 3 aromatic rings. The summed E-state index contributed by atoms with van der Waals surface area (Å²) >= 11 is 1.23. The molecule has 38 heavy (non-hydrogen) atoms. The van der Waals surface area contributed by atoms with Crippen molar-refractivity contribution >= 4 is 28.6 Å². The summed E-state index contributed by atoms with van der Waals surface area (Å²) in [5.74, 6) is 2.60. The summed E-state index contributed by atoms with van der Waals surface area (Å²) in [6.07, 6.45) is 3.29. The van der Waals surface area contributed by atoms with Gasteiger partial charge in [0.25, 0.3) is 5.56 Å². The molecule has 1 N–H and O–H groups in total. The summed E-state index contributed by atoms with van der Waals surface area (Å²) in [4.78, 5) is 30.1. The number of carbonyl (C=O) groups excluding carboxylic acids is 1. The maximum atomic E-state index is 13.2. The second-order valence-corrected chi connectivity index (χ2v) is 9.56. The number of amides is 1. The summed E-state index contributed by atoms with van der Waals surface area (Å²) in [7, 11) is 3.19. The topological polar surface area (TPSA) is 125 Å². The minimum atomic E-state index is -0.179. The van der Waals surface area contributed by atoms with Crippen molar-refractivity contribution in [3.8, 4) is 29.1 Å². The van der Waals surface area contributed by atoms with Gasteiger partial charge in [0.05, 0.1) is 36.9 Å². The van der Waals surface area contributed by atoms with Crippen molar-refractivity contribution in [2.75, 3.05) is 33.3 Å². The second-order valence-electron chi connectivity index (χ2n) is 8.62. The van der Waals surface area contributed by atoms with Crippen LogP contribution in [0.15, 0.2) is 40.3 Å². The van der Waals surface area contributed by atoms with Crippen LogP contribution >= 0.6 is 11.8 Å².